The van der Waals surface area contributed by atoms with Crippen LogP contribution in [0.5, 0.6) is 11.5 Å². The molecular formula is C20H22N2O4. The van der Waals surface area contributed by atoms with Crippen molar-refractivity contribution >= 4 is 23.2 Å². The standard InChI is InChI=1S/C20H22N2O4/c1-13-4-7-17(8-5-13)25-11-10-22-18-12-16(21-15(3)23)6-9-19(18)26-14(2)20(22)24/h4-9,12,14H,10-11H2,1-3H3,(H,21,23). The first-order chi connectivity index (χ1) is 12.4. The molecule has 0 saturated heterocycles. The van der Waals surface area contributed by atoms with Crippen LogP contribution in [-0.2, 0) is 9.59 Å². The SMILES string of the molecule is CC(=O)Nc1ccc2c(c1)N(CCOc1ccc(C)cc1)C(=O)C(C)O2. The van der Waals surface area contributed by atoms with Gasteiger partial charge in [0.25, 0.3) is 5.91 Å². The molecule has 2 aromatic rings. The number of carbonyl (C=O) groups excluding carboxylic acids is 2. The fraction of sp³-hybridized carbons (Fsp3) is 0.300. The highest BCUT2D eigenvalue weighted by Gasteiger charge is 2.31. The number of ether oxygens (including phenoxy) is 2. The lowest BCUT2D eigenvalue weighted by molar-refractivity contribution is -0.125. The number of anilines is 2. The first-order valence-electron chi connectivity index (χ1n) is 8.53. The van der Waals surface area contributed by atoms with Crippen LogP contribution in [0.15, 0.2) is 42.5 Å². The summed E-state index contributed by atoms with van der Waals surface area (Å²) in [6, 6.07) is 13.0. The average Bonchev–Trinajstić information content (AvgIpc) is 2.60. The van der Waals surface area contributed by atoms with E-state index in [-0.39, 0.29) is 11.8 Å². The number of hydrogen-bond acceptors (Lipinski definition) is 4. The van der Waals surface area contributed by atoms with Gasteiger partial charge in [-0.2, -0.15) is 0 Å². The lowest BCUT2D eigenvalue weighted by Gasteiger charge is -2.33. The molecule has 26 heavy (non-hydrogen) atoms. The molecule has 0 fully saturated rings. The lowest BCUT2D eigenvalue weighted by Crippen LogP contribution is -2.46. The molecule has 6 nitrogen and oxygen atoms in total. The van der Waals surface area contributed by atoms with Crippen molar-refractivity contribution in [1.29, 1.82) is 0 Å². The Balaban J connectivity index is 1.75. The maximum atomic E-state index is 12.6. The number of nitrogens with one attached hydrogen (secondary N) is 1. The van der Waals surface area contributed by atoms with E-state index >= 15 is 0 Å². The summed E-state index contributed by atoms with van der Waals surface area (Å²) < 4.78 is 11.4. The van der Waals surface area contributed by atoms with Crippen molar-refractivity contribution in [1.82, 2.24) is 0 Å². The van der Waals surface area contributed by atoms with Gasteiger partial charge >= 0.3 is 0 Å². The highest BCUT2D eigenvalue weighted by Crippen LogP contribution is 2.36. The molecule has 0 spiro atoms. The van der Waals surface area contributed by atoms with E-state index in [0.717, 1.165) is 11.3 Å². The Morgan fingerprint density at radius 3 is 2.65 bits per heavy atom. The maximum Gasteiger partial charge on any atom is 0.267 e. The van der Waals surface area contributed by atoms with Gasteiger partial charge in [-0.25, -0.2) is 0 Å². The number of nitrogens with zero attached hydrogens (tertiary/aromatic N) is 1. The zero-order chi connectivity index (χ0) is 18.7. The minimum Gasteiger partial charge on any atom is -0.492 e. The van der Waals surface area contributed by atoms with Gasteiger partial charge in [0, 0.05) is 12.6 Å². The molecule has 136 valence electrons. The van der Waals surface area contributed by atoms with Crippen LogP contribution in [0, 0.1) is 6.92 Å². The van der Waals surface area contributed by atoms with Crippen molar-refractivity contribution in [2.75, 3.05) is 23.4 Å². The molecule has 2 aromatic carbocycles. The predicted octanol–water partition coefficient (Wildman–Crippen LogP) is 3.15. The molecule has 1 unspecified atom stereocenters. The van der Waals surface area contributed by atoms with Crippen molar-refractivity contribution in [2.45, 2.75) is 26.9 Å². The molecule has 0 radical (unpaired) electrons. The maximum absolute atomic E-state index is 12.6. The number of amides is 2. The van der Waals surface area contributed by atoms with Crippen molar-refractivity contribution in [3.05, 3.63) is 48.0 Å². The molecular weight excluding hydrogens is 332 g/mol. The topological polar surface area (TPSA) is 67.9 Å². The van der Waals surface area contributed by atoms with E-state index in [1.54, 1.807) is 30.0 Å². The Morgan fingerprint density at radius 2 is 1.96 bits per heavy atom. The molecule has 0 bridgehead atoms. The minimum atomic E-state index is -0.562. The van der Waals surface area contributed by atoms with E-state index in [0.29, 0.717) is 30.3 Å². The van der Waals surface area contributed by atoms with Crippen LogP contribution in [0.25, 0.3) is 0 Å². The summed E-state index contributed by atoms with van der Waals surface area (Å²) >= 11 is 0. The van der Waals surface area contributed by atoms with Gasteiger partial charge in [0.1, 0.15) is 18.1 Å². The molecule has 1 atom stereocenters. The second-order valence-corrected chi connectivity index (χ2v) is 6.28. The molecule has 0 aliphatic carbocycles. The number of rotatable bonds is 5. The van der Waals surface area contributed by atoms with Gasteiger partial charge in [0.05, 0.1) is 12.2 Å². The Hall–Kier alpha value is -3.02. The fourth-order valence-electron chi connectivity index (χ4n) is 2.81. The van der Waals surface area contributed by atoms with Gasteiger partial charge in [-0.1, -0.05) is 17.7 Å². The third-order valence-corrected chi connectivity index (χ3v) is 4.09. The van der Waals surface area contributed by atoms with Crippen LogP contribution < -0.4 is 19.7 Å². The Bertz CT molecular complexity index is 817. The Kier molecular flexibility index (Phi) is 5.11. The van der Waals surface area contributed by atoms with Crippen LogP contribution >= 0.6 is 0 Å². The van der Waals surface area contributed by atoms with E-state index in [9.17, 15) is 9.59 Å². The molecule has 0 aromatic heterocycles. The summed E-state index contributed by atoms with van der Waals surface area (Å²) in [4.78, 5) is 25.5. The van der Waals surface area contributed by atoms with E-state index in [2.05, 4.69) is 5.32 Å². The molecule has 1 aliphatic rings. The van der Waals surface area contributed by atoms with Crippen LogP contribution in [0.3, 0.4) is 0 Å². The number of carbonyl (C=O) groups is 2. The van der Waals surface area contributed by atoms with Gasteiger partial charge in [0.2, 0.25) is 5.91 Å². The quantitative estimate of drug-likeness (QED) is 0.896. The summed E-state index contributed by atoms with van der Waals surface area (Å²) in [5, 5.41) is 2.73. The van der Waals surface area contributed by atoms with E-state index in [4.69, 9.17) is 9.47 Å². The van der Waals surface area contributed by atoms with E-state index in [1.807, 2.05) is 31.2 Å². The van der Waals surface area contributed by atoms with Gasteiger partial charge < -0.3 is 19.7 Å². The van der Waals surface area contributed by atoms with Crippen molar-refractivity contribution in [2.24, 2.45) is 0 Å². The van der Waals surface area contributed by atoms with Gasteiger partial charge in [-0.3, -0.25) is 9.59 Å². The predicted molar refractivity (Wildman–Crippen MR) is 99.9 cm³/mol. The van der Waals surface area contributed by atoms with Crippen LogP contribution in [0.2, 0.25) is 0 Å². The summed E-state index contributed by atoms with van der Waals surface area (Å²) in [7, 11) is 0. The summed E-state index contributed by atoms with van der Waals surface area (Å²) in [5.74, 6) is 1.07. The Labute approximate surface area is 152 Å². The molecule has 3 rings (SSSR count). The first kappa shape index (κ1) is 17.8. The highest BCUT2D eigenvalue weighted by molar-refractivity contribution is 6.01. The zero-order valence-electron chi connectivity index (χ0n) is 15.1. The third-order valence-electron chi connectivity index (χ3n) is 4.09. The average molecular weight is 354 g/mol. The molecule has 6 heteroatoms. The second kappa shape index (κ2) is 7.47. The number of fused-ring (bicyclic) bond motifs is 1. The lowest BCUT2D eigenvalue weighted by atomic mass is 10.1. The van der Waals surface area contributed by atoms with Gasteiger partial charge in [0.15, 0.2) is 6.10 Å². The molecule has 1 N–H and O–H groups in total. The number of hydrogen-bond donors (Lipinski definition) is 1. The van der Waals surface area contributed by atoms with Crippen molar-refractivity contribution < 1.29 is 19.1 Å². The van der Waals surface area contributed by atoms with Gasteiger partial charge in [-0.15, -0.1) is 0 Å². The number of aryl methyl sites for hydroxylation is 1. The zero-order valence-corrected chi connectivity index (χ0v) is 15.1. The summed E-state index contributed by atoms with van der Waals surface area (Å²) in [5.41, 5.74) is 2.41. The summed E-state index contributed by atoms with van der Waals surface area (Å²) in [6.45, 7) is 5.92. The fourth-order valence-corrected chi connectivity index (χ4v) is 2.81. The molecule has 1 heterocycles. The molecule has 0 saturated carbocycles. The third kappa shape index (κ3) is 3.96. The monoisotopic (exact) mass is 354 g/mol. The summed E-state index contributed by atoms with van der Waals surface area (Å²) in [6.07, 6.45) is -0.562. The second-order valence-electron chi connectivity index (χ2n) is 6.28. The Morgan fingerprint density at radius 1 is 1.23 bits per heavy atom. The van der Waals surface area contributed by atoms with Crippen molar-refractivity contribution in [3.8, 4) is 11.5 Å². The minimum absolute atomic E-state index is 0.134. The van der Waals surface area contributed by atoms with Gasteiger partial charge in [-0.05, 0) is 44.2 Å². The van der Waals surface area contributed by atoms with E-state index in [1.165, 1.54) is 6.92 Å². The van der Waals surface area contributed by atoms with Crippen LogP contribution in [0.1, 0.15) is 19.4 Å². The molecule has 2 amide bonds. The number of benzene rings is 2. The van der Waals surface area contributed by atoms with Crippen LogP contribution in [0.4, 0.5) is 11.4 Å². The highest BCUT2D eigenvalue weighted by atomic mass is 16.5. The first-order valence-corrected chi connectivity index (χ1v) is 8.53. The molecule has 1 aliphatic heterocycles. The van der Waals surface area contributed by atoms with Crippen LogP contribution in [-0.4, -0.2) is 31.1 Å². The normalized spacial score (nSPS) is 15.9. The van der Waals surface area contributed by atoms with Crippen molar-refractivity contribution in [3.63, 3.8) is 0 Å². The smallest absolute Gasteiger partial charge is 0.267 e. The largest absolute Gasteiger partial charge is 0.492 e. The van der Waals surface area contributed by atoms with E-state index < -0.39 is 6.10 Å².